The molecule has 1 atom stereocenters. The lowest BCUT2D eigenvalue weighted by Crippen LogP contribution is -2.11. The van der Waals surface area contributed by atoms with Crippen molar-refractivity contribution in [2.24, 2.45) is 0 Å². The summed E-state index contributed by atoms with van der Waals surface area (Å²) in [5.74, 6) is 1.98. The zero-order chi connectivity index (χ0) is 10.8. The zero-order valence-electron chi connectivity index (χ0n) is 9.79. The summed E-state index contributed by atoms with van der Waals surface area (Å²) in [5, 5.41) is 4.02. The van der Waals surface area contributed by atoms with Gasteiger partial charge in [-0.2, -0.15) is 4.98 Å². The van der Waals surface area contributed by atoms with Crippen molar-refractivity contribution < 1.29 is 4.52 Å². The van der Waals surface area contributed by atoms with Crippen molar-refractivity contribution in [3.05, 3.63) is 11.7 Å². The maximum Gasteiger partial charge on any atom is 0.232 e. The Labute approximate surface area is 85.9 Å². The third-order valence-corrected chi connectivity index (χ3v) is 2.25. The monoisotopic (exact) mass is 196 g/mol. The van der Waals surface area contributed by atoms with Crippen molar-refractivity contribution in [3.8, 4) is 0 Å². The van der Waals surface area contributed by atoms with E-state index < -0.39 is 0 Å². The van der Waals surface area contributed by atoms with E-state index in [2.05, 4.69) is 44.8 Å². The van der Waals surface area contributed by atoms with Crippen molar-refractivity contribution in [1.29, 1.82) is 0 Å². The molecule has 0 saturated heterocycles. The molecule has 1 aromatic heterocycles. The van der Waals surface area contributed by atoms with Crippen molar-refractivity contribution >= 4 is 0 Å². The van der Waals surface area contributed by atoms with E-state index in [0.29, 0.717) is 5.92 Å². The van der Waals surface area contributed by atoms with E-state index in [4.69, 9.17) is 4.52 Å². The standard InChI is InChI=1S/C11H20N2O/c1-6-7-8(2)9-12-10(14-13-9)11(3,4)5/h8H,6-7H2,1-5H3. The van der Waals surface area contributed by atoms with Crippen LogP contribution in [0.25, 0.3) is 0 Å². The third-order valence-electron chi connectivity index (χ3n) is 2.25. The van der Waals surface area contributed by atoms with Gasteiger partial charge in [0.2, 0.25) is 5.89 Å². The molecule has 0 aromatic carbocycles. The molecule has 0 saturated carbocycles. The quantitative estimate of drug-likeness (QED) is 0.744. The number of aromatic nitrogens is 2. The molecule has 1 heterocycles. The van der Waals surface area contributed by atoms with E-state index in [9.17, 15) is 0 Å². The fourth-order valence-corrected chi connectivity index (χ4v) is 1.30. The lowest BCUT2D eigenvalue weighted by Gasteiger charge is -2.10. The molecule has 3 heteroatoms. The molecule has 0 spiro atoms. The molecule has 0 fully saturated rings. The Morgan fingerprint density at radius 2 is 2.00 bits per heavy atom. The first-order valence-electron chi connectivity index (χ1n) is 5.29. The second kappa shape index (κ2) is 4.11. The van der Waals surface area contributed by atoms with Gasteiger partial charge in [-0.1, -0.05) is 46.2 Å². The van der Waals surface area contributed by atoms with Gasteiger partial charge in [-0.25, -0.2) is 0 Å². The molecule has 0 aliphatic carbocycles. The van der Waals surface area contributed by atoms with Crippen molar-refractivity contribution in [2.45, 2.75) is 58.8 Å². The highest BCUT2D eigenvalue weighted by Gasteiger charge is 2.23. The smallest absolute Gasteiger partial charge is 0.232 e. The second-order valence-corrected chi connectivity index (χ2v) is 4.90. The van der Waals surface area contributed by atoms with Crippen molar-refractivity contribution in [2.75, 3.05) is 0 Å². The Kier molecular flexibility index (Phi) is 3.29. The molecule has 3 nitrogen and oxygen atoms in total. The Morgan fingerprint density at radius 1 is 1.36 bits per heavy atom. The fraction of sp³-hybridized carbons (Fsp3) is 0.818. The first kappa shape index (κ1) is 11.2. The van der Waals surface area contributed by atoms with Gasteiger partial charge >= 0.3 is 0 Å². The van der Waals surface area contributed by atoms with Crippen LogP contribution in [-0.2, 0) is 5.41 Å². The van der Waals surface area contributed by atoms with Gasteiger partial charge in [0, 0.05) is 11.3 Å². The maximum atomic E-state index is 5.24. The Hall–Kier alpha value is -0.860. The molecule has 1 unspecified atom stereocenters. The number of hydrogen-bond donors (Lipinski definition) is 0. The normalized spacial score (nSPS) is 14.4. The molecule has 0 radical (unpaired) electrons. The third kappa shape index (κ3) is 2.56. The summed E-state index contributed by atoms with van der Waals surface area (Å²) >= 11 is 0. The zero-order valence-corrected chi connectivity index (χ0v) is 9.79. The lowest BCUT2D eigenvalue weighted by atomic mass is 9.97. The summed E-state index contributed by atoms with van der Waals surface area (Å²) in [4.78, 5) is 4.42. The molecule has 0 N–H and O–H groups in total. The van der Waals surface area contributed by atoms with Gasteiger partial charge in [0.05, 0.1) is 0 Å². The molecule has 0 amide bonds. The first-order valence-corrected chi connectivity index (χ1v) is 5.29. The van der Waals surface area contributed by atoms with Crippen LogP contribution in [0.3, 0.4) is 0 Å². The van der Waals surface area contributed by atoms with Crippen LogP contribution in [-0.4, -0.2) is 10.1 Å². The summed E-state index contributed by atoms with van der Waals surface area (Å²) < 4.78 is 5.24. The van der Waals surface area contributed by atoms with Gasteiger partial charge in [0.1, 0.15) is 0 Å². The molecular weight excluding hydrogens is 176 g/mol. The van der Waals surface area contributed by atoms with Gasteiger partial charge in [-0.3, -0.25) is 0 Å². The molecule has 0 bridgehead atoms. The Bertz CT molecular complexity index is 286. The molecule has 1 rings (SSSR count). The predicted octanol–water partition coefficient (Wildman–Crippen LogP) is 3.27. The fourth-order valence-electron chi connectivity index (χ4n) is 1.30. The molecular formula is C11H20N2O. The molecule has 0 aliphatic heterocycles. The second-order valence-electron chi connectivity index (χ2n) is 4.90. The van der Waals surface area contributed by atoms with E-state index in [-0.39, 0.29) is 5.41 Å². The summed E-state index contributed by atoms with van der Waals surface area (Å²) in [6.45, 7) is 10.5. The minimum atomic E-state index is -0.0445. The minimum Gasteiger partial charge on any atom is -0.339 e. The van der Waals surface area contributed by atoms with Crippen LogP contribution in [0, 0.1) is 0 Å². The van der Waals surface area contributed by atoms with Crippen LogP contribution in [0.4, 0.5) is 0 Å². The van der Waals surface area contributed by atoms with Gasteiger partial charge in [0.15, 0.2) is 5.82 Å². The Morgan fingerprint density at radius 3 is 2.43 bits per heavy atom. The van der Waals surface area contributed by atoms with Crippen molar-refractivity contribution in [1.82, 2.24) is 10.1 Å². The predicted molar refractivity (Wildman–Crippen MR) is 56.3 cm³/mol. The van der Waals surface area contributed by atoms with E-state index in [1.807, 2.05) is 0 Å². The van der Waals surface area contributed by atoms with Crippen molar-refractivity contribution in [3.63, 3.8) is 0 Å². The van der Waals surface area contributed by atoms with E-state index in [0.717, 1.165) is 24.6 Å². The molecule has 14 heavy (non-hydrogen) atoms. The number of hydrogen-bond acceptors (Lipinski definition) is 3. The number of nitrogens with zero attached hydrogens (tertiary/aromatic N) is 2. The van der Waals surface area contributed by atoms with E-state index in [1.165, 1.54) is 0 Å². The average molecular weight is 196 g/mol. The van der Waals surface area contributed by atoms with Crippen LogP contribution in [0.1, 0.15) is 65.1 Å². The highest BCUT2D eigenvalue weighted by molar-refractivity contribution is 5.01. The maximum absolute atomic E-state index is 5.24. The van der Waals surface area contributed by atoms with Crippen LogP contribution in [0.15, 0.2) is 4.52 Å². The van der Waals surface area contributed by atoms with Crippen LogP contribution < -0.4 is 0 Å². The number of rotatable bonds is 3. The topological polar surface area (TPSA) is 38.9 Å². The highest BCUT2D eigenvalue weighted by Crippen LogP contribution is 2.23. The van der Waals surface area contributed by atoms with Crippen LogP contribution in [0.5, 0.6) is 0 Å². The molecule has 80 valence electrons. The largest absolute Gasteiger partial charge is 0.339 e. The van der Waals surface area contributed by atoms with Gasteiger partial charge < -0.3 is 4.52 Å². The van der Waals surface area contributed by atoms with Gasteiger partial charge in [0.25, 0.3) is 0 Å². The minimum absolute atomic E-state index is 0.0445. The first-order chi connectivity index (χ1) is 6.45. The summed E-state index contributed by atoms with van der Waals surface area (Å²) in [5.41, 5.74) is -0.0445. The summed E-state index contributed by atoms with van der Waals surface area (Å²) in [7, 11) is 0. The average Bonchev–Trinajstić information content (AvgIpc) is 2.51. The lowest BCUT2D eigenvalue weighted by molar-refractivity contribution is 0.317. The van der Waals surface area contributed by atoms with Gasteiger partial charge in [-0.05, 0) is 6.42 Å². The van der Waals surface area contributed by atoms with E-state index in [1.54, 1.807) is 0 Å². The van der Waals surface area contributed by atoms with Crippen LogP contribution in [0.2, 0.25) is 0 Å². The summed E-state index contributed by atoms with van der Waals surface area (Å²) in [6.07, 6.45) is 2.27. The highest BCUT2D eigenvalue weighted by atomic mass is 16.5. The molecule has 0 aliphatic rings. The molecule has 1 aromatic rings. The van der Waals surface area contributed by atoms with Gasteiger partial charge in [-0.15, -0.1) is 0 Å². The van der Waals surface area contributed by atoms with E-state index >= 15 is 0 Å². The SMILES string of the molecule is CCCC(C)c1noc(C(C)(C)C)n1. The van der Waals surface area contributed by atoms with Crippen LogP contribution >= 0.6 is 0 Å². The summed E-state index contributed by atoms with van der Waals surface area (Å²) in [6, 6.07) is 0. The Balaban J connectivity index is 2.78.